The number of nitrogens with one attached hydrogen (secondary N) is 1. The van der Waals surface area contributed by atoms with Crippen LogP contribution in [0.1, 0.15) is 39.5 Å². The summed E-state index contributed by atoms with van der Waals surface area (Å²) in [6, 6.07) is -0.0532. The Kier molecular flexibility index (Phi) is 6.04. The van der Waals surface area contributed by atoms with E-state index in [0.29, 0.717) is 6.54 Å². The third-order valence-corrected chi connectivity index (χ3v) is 5.65. The molecule has 2 N–H and O–H groups in total. The lowest BCUT2D eigenvalue weighted by molar-refractivity contribution is 0.136. The fourth-order valence-corrected chi connectivity index (χ4v) is 3.57. The summed E-state index contributed by atoms with van der Waals surface area (Å²) in [5.74, 6) is 0.505. The number of aliphatic hydroxyl groups is 1. The van der Waals surface area contributed by atoms with Gasteiger partial charge in [0.2, 0.25) is 0 Å². The zero-order valence-electron chi connectivity index (χ0n) is 11.6. The average Bonchev–Trinajstić information content (AvgIpc) is 2.35. The number of hydrogen-bond donors (Lipinski definition) is 2. The van der Waals surface area contributed by atoms with Crippen molar-refractivity contribution in [2.24, 2.45) is 11.8 Å². The molecule has 2 unspecified atom stereocenters. The van der Waals surface area contributed by atoms with Gasteiger partial charge in [-0.1, -0.05) is 12.8 Å². The summed E-state index contributed by atoms with van der Waals surface area (Å²) in [4.78, 5) is 0. The van der Waals surface area contributed by atoms with Crippen LogP contribution in [0.2, 0.25) is 0 Å². The maximum Gasteiger partial charge on any atom is 0.279 e. The van der Waals surface area contributed by atoms with E-state index in [4.69, 9.17) is 0 Å². The van der Waals surface area contributed by atoms with Crippen LogP contribution in [0, 0.1) is 11.8 Å². The van der Waals surface area contributed by atoms with Gasteiger partial charge < -0.3 is 5.11 Å². The highest BCUT2D eigenvalue weighted by Crippen LogP contribution is 2.29. The Bertz CT molecular complexity index is 343. The van der Waals surface area contributed by atoms with Gasteiger partial charge >= 0.3 is 0 Å². The molecule has 0 spiro atoms. The van der Waals surface area contributed by atoms with Crippen molar-refractivity contribution in [3.05, 3.63) is 0 Å². The molecule has 0 aromatic carbocycles. The van der Waals surface area contributed by atoms with E-state index in [9.17, 15) is 13.5 Å². The van der Waals surface area contributed by atoms with Crippen molar-refractivity contribution in [3.63, 3.8) is 0 Å². The van der Waals surface area contributed by atoms with Crippen molar-refractivity contribution in [1.29, 1.82) is 0 Å². The first-order valence-electron chi connectivity index (χ1n) is 6.72. The Labute approximate surface area is 111 Å². The Morgan fingerprint density at radius 1 is 1.28 bits per heavy atom. The molecule has 1 aliphatic rings. The van der Waals surface area contributed by atoms with Gasteiger partial charge in [0.05, 0.1) is 0 Å². The standard InChI is InChI=1S/C12H26N2O3S/c1-10(2)14(3)18(16,17)13-8-11-6-4-5-7-12(11)9-15/h10-13,15H,4-9H2,1-3H3. The molecule has 0 bridgehead atoms. The average molecular weight is 278 g/mol. The van der Waals surface area contributed by atoms with E-state index in [2.05, 4.69) is 4.72 Å². The fraction of sp³-hybridized carbons (Fsp3) is 1.00. The Hall–Kier alpha value is -0.170. The molecule has 1 aliphatic carbocycles. The molecule has 5 nitrogen and oxygen atoms in total. The van der Waals surface area contributed by atoms with Crippen LogP contribution in [0.5, 0.6) is 0 Å². The molecule has 0 radical (unpaired) electrons. The van der Waals surface area contributed by atoms with Gasteiger partial charge in [-0.15, -0.1) is 0 Å². The van der Waals surface area contributed by atoms with Crippen LogP contribution < -0.4 is 4.72 Å². The Morgan fingerprint density at radius 2 is 1.83 bits per heavy atom. The van der Waals surface area contributed by atoms with Crippen molar-refractivity contribution in [1.82, 2.24) is 9.03 Å². The van der Waals surface area contributed by atoms with Gasteiger partial charge in [0, 0.05) is 26.2 Å². The van der Waals surface area contributed by atoms with E-state index < -0.39 is 10.2 Å². The molecule has 18 heavy (non-hydrogen) atoms. The Morgan fingerprint density at radius 3 is 2.33 bits per heavy atom. The minimum atomic E-state index is -3.39. The molecule has 0 aromatic rings. The van der Waals surface area contributed by atoms with Crippen molar-refractivity contribution >= 4 is 10.2 Å². The predicted molar refractivity (Wildman–Crippen MR) is 72.4 cm³/mol. The summed E-state index contributed by atoms with van der Waals surface area (Å²) in [5, 5.41) is 9.30. The lowest BCUT2D eigenvalue weighted by atomic mass is 9.80. The number of hydrogen-bond acceptors (Lipinski definition) is 3. The second-order valence-electron chi connectivity index (χ2n) is 5.45. The van der Waals surface area contributed by atoms with Gasteiger partial charge in [0.1, 0.15) is 0 Å². The lowest BCUT2D eigenvalue weighted by Crippen LogP contribution is -2.44. The topological polar surface area (TPSA) is 69.6 Å². The normalized spacial score (nSPS) is 25.9. The van der Waals surface area contributed by atoms with Crippen LogP contribution in [-0.4, -0.2) is 44.1 Å². The number of aliphatic hydroxyl groups excluding tert-OH is 1. The summed E-state index contributed by atoms with van der Waals surface area (Å²) >= 11 is 0. The molecule has 0 aliphatic heterocycles. The first-order valence-corrected chi connectivity index (χ1v) is 8.16. The smallest absolute Gasteiger partial charge is 0.279 e. The van der Waals surface area contributed by atoms with E-state index in [-0.39, 0.29) is 24.5 Å². The van der Waals surface area contributed by atoms with Crippen LogP contribution >= 0.6 is 0 Å². The summed E-state index contributed by atoms with van der Waals surface area (Å²) in [5.41, 5.74) is 0. The summed E-state index contributed by atoms with van der Waals surface area (Å²) in [6.45, 7) is 4.28. The maximum absolute atomic E-state index is 12.0. The van der Waals surface area contributed by atoms with Crippen LogP contribution in [0.4, 0.5) is 0 Å². The highest BCUT2D eigenvalue weighted by Gasteiger charge is 2.27. The second kappa shape index (κ2) is 6.84. The van der Waals surface area contributed by atoms with Gasteiger partial charge in [0.25, 0.3) is 10.2 Å². The van der Waals surface area contributed by atoms with Gasteiger partial charge in [-0.3, -0.25) is 0 Å². The van der Waals surface area contributed by atoms with Crippen LogP contribution in [-0.2, 0) is 10.2 Å². The van der Waals surface area contributed by atoms with Crippen molar-refractivity contribution in [2.45, 2.75) is 45.6 Å². The lowest BCUT2D eigenvalue weighted by Gasteiger charge is -2.31. The molecule has 108 valence electrons. The van der Waals surface area contributed by atoms with E-state index in [1.54, 1.807) is 7.05 Å². The highest BCUT2D eigenvalue weighted by atomic mass is 32.2. The van der Waals surface area contributed by atoms with Gasteiger partial charge in [0.15, 0.2) is 0 Å². The zero-order valence-corrected chi connectivity index (χ0v) is 12.4. The van der Waals surface area contributed by atoms with E-state index >= 15 is 0 Å². The maximum atomic E-state index is 12.0. The van der Waals surface area contributed by atoms with Gasteiger partial charge in [-0.2, -0.15) is 12.7 Å². The second-order valence-corrected chi connectivity index (χ2v) is 7.27. The molecule has 1 saturated carbocycles. The third kappa shape index (κ3) is 4.19. The van der Waals surface area contributed by atoms with E-state index in [1.165, 1.54) is 4.31 Å². The fourth-order valence-electron chi connectivity index (χ4n) is 2.39. The number of rotatable bonds is 6. The number of nitrogens with zero attached hydrogens (tertiary/aromatic N) is 1. The van der Waals surface area contributed by atoms with Crippen molar-refractivity contribution in [2.75, 3.05) is 20.2 Å². The molecule has 6 heteroatoms. The molecule has 0 aromatic heterocycles. The predicted octanol–water partition coefficient (Wildman–Crippen LogP) is 0.960. The highest BCUT2D eigenvalue weighted by molar-refractivity contribution is 7.87. The summed E-state index contributed by atoms with van der Waals surface area (Å²) < 4.78 is 27.9. The Balaban J connectivity index is 2.53. The van der Waals surface area contributed by atoms with E-state index in [1.807, 2.05) is 13.8 Å². The monoisotopic (exact) mass is 278 g/mol. The SMILES string of the molecule is CC(C)N(C)S(=O)(=O)NCC1CCCCC1CO. The summed E-state index contributed by atoms with van der Waals surface area (Å²) in [7, 11) is -1.81. The largest absolute Gasteiger partial charge is 0.396 e. The molecular formula is C12H26N2O3S. The molecular weight excluding hydrogens is 252 g/mol. The molecule has 2 atom stereocenters. The van der Waals surface area contributed by atoms with Crippen molar-refractivity contribution < 1.29 is 13.5 Å². The molecule has 0 saturated heterocycles. The summed E-state index contributed by atoms with van der Waals surface area (Å²) in [6.07, 6.45) is 4.27. The van der Waals surface area contributed by atoms with Crippen molar-refractivity contribution in [3.8, 4) is 0 Å². The van der Waals surface area contributed by atoms with Crippen LogP contribution in [0.15, 0.2) is 0 Å². The molecule has 1 fully saturated rings. The minimum Gasteiger partial charge on any atom is -0.396 e. The quantitative estimate of drug-likeness (QED) is 0.760. The van der Waals surface area contributed by atoms with Gasteiger partial charge in [-0.25, -0.2) is 4.72 Å². The third-order valence-electron chi connectivity index (χ3n) is 3.94. The van der Waals surface area contributed by atoms with Crippen LogP contribution in [0.3, 0.4) is 0 Å². The molecule has 0 amide bonds. The zero-order chi connectivity index (χ0) is 13.8. The van der Waals surface area contributed by atoms with E-state index in [0.717, 1.165) is 25.7 Å². The first kappa shape index (κ1) is 15.9. The minimum absolute atomic E-state index is 0.0532. The molecule has 1 rings (SSSR count). The van der Waals surface area contributed by atoms with Gasteiger partial charge in [-0.05, 0) is 38.5 Å². The first-order chi connectivity index (χ1) is 8.38. The van der Waals surface area contributed by atoms with Crippen LogP contribution in [0.25, 0.3) is 0 Å². The molecule has 0 heterocycles.